The number of rotatable bonds is 5. The topological polar surface area (TPSA) is 49.7 Å². The summed E-state index contributed by atoms with van der Waals surface area (Å²) in [4.78, 5) is 33.1. The SMILES string of the molecule is CCC1CCC(=O)c2cc(-c3ccccc3)ccc2N=C(SC(C(=O)N(C)C)c2ccccc2)C1. The van der Waals surface area contributed by atoms with Crippen LogP contribution in [0.4, 0.5) is 5.69 Å². The van der Waals surface area contributed by atoms with E-state index in [0.717, 1.165) is 41.0 Å². The molecule has 0 spiro atoms. The number of likely N-dealkylation sites (N-methyl/N-ethyl adjacent to an activating group) is 1. The van der Waals surface area contributed by atoms with Gasteiger partial charge in [-0.25, -0.2) is 4.99 Å². The lowest BCUT2D eigenvalue weighted by atomic mass is 9.93. The lowest BCUT2D eigenvalue weighted by molar-refractivity contribution is -0.128. The van der Waals surface area contributed by atoms with Crippen molar-refractivity contribution in [3.63, 3.8) is 0 Å². The van der Waals surface area contributed by atoms with E-state index in [4.69, 9.17) is 4.99 Å². The van der Waals surface area contributed by atoms with Crippen LogP contribution in [0, 0.1) is 5.92 Å². The summed E-state index contributed by atoms with van der Waals surface area (Å²) in [6, 6.07) is 25.9. The van der Waals surface area contributed by atoms with E-state index in [1.54, 1.807) is 19.0 Å². The Morgan fingerprint density at radius 2 is 1.69 bits per heavy atom. The highest BCUT2D eigenvalue weighted by Gasteiger charge is 2.27. The molecule has 0 saturated carbocycles. The second-order valence-electron chi connectivity index (χ2n) is 9.18. The Morgan fingerprint density at radius 3 is 2.34 bits per heavy atom. The molecule has 0 bridgehead atoms. The first-order valence-corrected chi connectivity index (χ1v) is 13.1. The number of Topliss-reactive ketones (excluding diaryl/α,β-unsaturated/α-hetero) is 1. The summed E-state index contributed by atoms with van der Waals surface area (Å²) in [7, 11) is 3.58. The van der Waals surface area contributed by atoms with Crippen molar-refractivity contribution in [2.24, 2.45) is 10.9 Å². The molecule has 2 atom stereocenters. The molecule has 0 fully saturated rings. The number of amides is 1. The van der Waals surface area contributed by atoms with Gasteiger partial charge in [-0.3, -0.25) is 9.59 Å². The number of benzene rings is 3. The Labute approximate surface area is 212 Å². The molecule has 0 radical (unpaired) electrons. The van der Waals surface area contributed by atoms with E-state index in [1.165, 1.54) is 11.8 Å². The molecule has 35 heavy (non-hydrogen) atoms. The van der Waals surface area contributed by atoms with E-state index in [0.29, 0.717) is 23.6 Å². The van der Waals surface area contributed by atoms with Crippen molar-refractivity contribution in [2.45, 2.75) is 37.9 Å². The van der Waals surface area contributed by atoms with E-state index >= 15 is 0 Å². The first kappa shape index (κ1) is 24.9. The largest absolute Gasteiger partial charge is 0.348 e. The Kier molecular flexibility index (Phi) is 8.19. The highest BCUT2D eigenvalue weighted by atomic mass is 32.2. The van der Waals surface area contributed by atoms with Crippen LogP contribution >= 0.6 is 11.8 Å². The fraction of sp³-hybridized carbons (Fsp3) is 0.300. The smallest absolute Gasteiger partial charge is 0.240 e. The monoisotopic (exact) mass is 484 g/mol. The predicted octanol–water partition coefficient (Wildman–Crippen LogP) is 7.34. The molecule has 1 aliphatic rings. The number of carbonyl (C=O) groups is 2. The summed E-state index contributed by atoms with van der Waals surface area (Å²) < 4.78 is 0. The molecule has 2 unspecified atom stereocenters. The minimum Gasteiger partial charge on any atom is -0.348 e. The summed E-state index contributed by atoms with van der Waals surface area (Å²) in [6.45, 7) is 2.16. The first-order chi connectivity index (χ1) is 17.0. The Bertz CT molecular complexity index is 1210. The van der Waals surface area contributed by atoms with E-state index in [-0.39, 0.29) is 16.9 Å². The standard InChI is InChI=1S/C30H32N2O2S/c1-4-21-15-18-27(33)25-20-24(22-11-7-5-8-12-22)16-17-26(25)31-28(19-21)35-29(30(34)32(2)3)23-13-9-6-10-14-23/h5-14,16-17,20-21,29H,4,15,18-19H2,1-3H3. The number of thioether (sulfide) groups is 1. The van der Waals surface area contributed by atoms with Gasteiger partial charge < -0.3 is 4.90 Å². The van der Waals surface area contributed by atoms with Crippen molar-refractivity contribution in [3.8, 4) is 11.1 Å². The molecule has 3 aromatic rings. The van der Waals surface area contributed by atoms with Crippen molar-refractivity contribution in [2.75, 3.05) is 14.1 Å². The molecule has 0 N–H and O–H groups in total. The molecule has 3 aromatic carbocycles. The molecular formula is C30H32N2O2S. The average molecular weight is 485 g/mol. The lowest BCUT2D eigenvalue weighted by Crippen LogP contribution is -2.27. The van der Waals surface area contributed by atoms with Gasteiger partial charge in [-0.1, -0.05) is 91.8 Å². The Balaban J connectivity index is 1.76. The molecule has 1 aliphatic heterocycles. The van der Waals surface area contributed by atoms with Crippen molar-refractivity contribution < 1.29 is 9.59 Å². The van der Waals surface area contributed by atoms with Gasteiger partial charge in [-0.05, 0) is 47.6 Å². The van der Waals surface area contributed by atoms with Gasteiger partial charge in [-0.2, -0.15) is 0 Å². The zero-order valence-electron chi connectivity index (χ0n) is 20.6. The van der Waals surface area contributed by atoms with Gasteiger partial charge in [0.25, 0.3) is 0 Å². The van der Waals surface area contributed by atoms with Crippen LogP contribution in [0.15, 0.2) is 83.9 Å². The summed E-state index contributed by atoms with van der Waals surface area (Å²) in [5.74, 6) is 0.516. The molecule has 180 valence electrons. The fourth-order valence-electron chi connectivity index (χ4n) is 4.35. The zero-order valence-corrected chi connectivity index (χ0v) is 21.4. The summed E-state index contributed by atoms with van der Waals surface area (Å²) >= 11 is 1.52. The number of nitrogens with zero attached hydrogens (tertiary/aromatic N) is 2. The van der Waals surface area contributed by atoms with Crippen molar-refractivity contribution in [1.82, 2.24) is 4.90 Å². The van der Waals surface area contributed by atoms with Crippen LogP contribution in [-0.2, 0) is 4.79 Å². The summed E-state index contributed by atoms with van der Waals surface area (Å²) in [6.07, 6.45) is 3.06. The van der Waals surface area contributed by atoms with Gasteiger partial charge in [0, 0.05) is 26.1 Å². The van der Waals surface area contributed by atoms with Gasteiger partial charge >= 0.3 is 0 Å². The summed E-state index contributed by atoms with van der Waals surface area (Å²) in [5, 5.41) is 0.523. The maximum absolute atomic E-state index is 13.3. The third-order valence-electron chi connectivity index (χ3n) is 6.49. The second-order valence-corrected chi connectivity index (χ2v) is 10.4. The predicted molar refractivity (Wildman–Crippen MR) is 146 cm³/mol. The molecule has 0 aliphatic carbocycles. The molecule has 5 heteroatoms. The van der Waals surface area contributed by atoms with Crippen LogP contribution in [0.1, 0.15) is 53.8 Å². The number of hydrogen-bond donors (Lipinski definition) is 0. The quantitative estimate of drug-likeness (QED) is 0.381. The number of hydrogen-bond acceptors (Lipinski definition) is 4. The van der Waals surface area contributed by atoms with Crippen LogP contribution in [-0.4, -0.2) is 35.7 Å². The first-order valence-electron chi connectivity index (χ1n) is 12.2. The van der Waals surface area contributed by atoms with Crippen molar-refractivity contribution in [1.29, 1.82) is 0 Å². The van der Waals surface area contributed by atoms with Gasteiger partial charge in [0.05, 0.1) is 10.7 Å². The number of ketones is 1. The molecule has 0 aromatic heterocycles. The van der Waals surface area contributed by atoms with Crippen LogP contribution in [0.3, 0.4) is 0 Å². The highest BCUT2D eigenvalue weighted by molar-refractivity contribution is 8.14. The fourth-order valence-corrected chi connectivity index (χ4v) is 5.71. The lowest BCUT2D eigenvalue weighted by Gasteiger charge is -2.22. The zero-order chi connectivity index (χ0) is 24.8. The average Bonchev–Trinajstić information content (AvgIpc) is 2.95. The third-order valence-corrected chi connectivity index (χ3v) is 7.73. The Hall–Kier alpha value is -3.18. The minimum atomic E-state index is -0.383. The van der Waals surface area contributed by atoms with E-state index in [1.807, 2.05) is 66.7 Å². The van der Waals surface area contributed by atoms with Gasteiger partial charge in [0.15, 0.2) is 5.78 Å². The van der Waals surface area contributed by atoms with Gasteiger partial charge in [0.2, 0.25) is 5.91 Å². The van der Waals surface area contributed by atoms with Crippen LogP contribution in [0.25, 0.3) is 11.1 Å². The minimum absolute atomic E-state index is 0.0348. The van der Waals surface area contributed by atoms with Gasteiger partial charge in [-0.15, -0.1) is 0 Å². The van der Waals surface area contributed by atoms with Crippen LogP contribution in [0.5, 0.6) is 0 Å². The molecule has 4 nitrogen and oxygen atoms in total. The molecule has 0 saturated heterocycles. The highest BCUT2D eigenvalue weighted by Crippen LogP contribution is 2.38. The van der Waals surface area contributed by atoms with E-state index in [9.17, 15) is 9.59 Å². The van der Waals surface area contributed by atoms with Crippen molar-refractivity contribution >= 4 is 34.2 Å². The third kappa shape index (κ3) is 6.09. The van der Waals surface area contributed by atoms with Gasteiger partial charge in [0.1, 0.15) is 5.25 Å². The maximum atomic E-state index is 13.3. The number of fused-ring (bicyclic) bond motifs is 1. The van der Waals surface area contributed by atoms with E-state index in [2.05, 4.69) is 19.1 Å². The van der Waals surface area contributed by atoms with Crippen molar-refractivity contribution in [3.05, 3.63) is 90.0 Å². The molecule has 1 amide bonds. The number of aliphatic imine (C=N–C) groups is 1. The maximum Gasteiger partial charge on any atom is 0.240 e. The van der Waals surface area contributed by atoms with Crippen LogP contribution in [0.2, 0.25) is 0 Å². The second kappa shape index (κ2) is 11.5. The molecular weight excluding hydrogens is 452 g/mol. The Morgan fingerprint density at radius 1 is 1.00 bits per heavy atom. The molecule has 1 heterocycles. The normalized spacial score (nSPS) is 16.8. The molecule has 4 rings (SSSR count). The van der Waals surface area contributed by atoms with E-state index < -0.39 is 0 Å². The van der Waals surface area contributed by atoms with Crippen LogP contribution < -0.4 is 0 Å². The summed E-state index contributed by atoms with van der Waals surface area (Å²) in [5.41, 5.74) is 4.41. The number of carbonyl (C=O) groups excluding carboxylic acids is 2.